The van der Waals surface area contributed by atoms with Crippen LogP contribution >= 0.6 is 0 Å². The largest absolute Gasteiger partial charge is 0.456 e. The van der Waals surface area contributed by atoms with Gasteiger partial charge in [0.15, 0.2) is 17.5 Å². The molecule has 0 radical (unpaired) electrons. The van der Waals surface area contributed by atoms with Gasteiger partial charge in [0.1, 0.15) is 11.2 Å². The number of pyridine rings is 1. The monoisotopic (exact) mass is 577 g/mol. The zero-order valence-corrected chi connectivity index (χ0v) is 23.9. The minimum atomic E-state index is 0.567. The van der Waals surface area contributed by atoms with Crippen molar-refractivity contribution in [3.05, 3.63) is 145 Å². The first-order valence-electron chi connectivity index (χ1n) is 14.5. The van der Waals surface area contributed by atoms with Crippen LogP contribution in [0.2, 0.25) is 0 Å². The van der Waals surface area contributed by atoms with Gasteiger partial charge < -0.3 is 4.42 Å². The van der Waals surface area contributed by atoms with E-state index in [2.05, 4.69) is 41.4 Å². The van der Waals surface area contributed by atoms with Gasteiger partial charge >= 0.3 is 0 Å². The first-order chi connectivity index (χ1) is 22.2. The Morgan fingerprint density at radius 3 is 1.64 bits per heavy atom. The van der Waals surface area contributed by atoms with E-state index < -0.39 is 0 Å². The number of aromatic nitrogens is 4. The van der Waals surface area contributed by atoms with Gasteiger partial charge in [0, 0.05) is 45.4 Å². The topological polar surface area (TPSA) is 88.5 Å². The molecule has 0 amide bonds. The average molecular weight is 578 g/mol. The van der Waals surface area contributed by atoms with E-state index in [1.807, 2.05) is 97.2 Å². The summed E-state index contributed by atoms with van der Waals surface area (Å²) in [7, 11) is 0. The van der Waals surface area contributed by atoms with Crippen LogP contribution in [-0.2, 0) is 0 Å². The molecule has 0 atom stereocenters. The minimum Gasteiger partial charge on any atom is -0.456 e. The lowest BCUT2D eigenvalue weighted by molar-refractivity contribution is 0.669. The number of rotatable bonds is 5. The molecule has 8 aromatic rings. The Bertz CT molecular complexity index is 2320. The summed E-state index contributed by atoms with van der Waals surface area (Å²) < 4.78 is 6.22. The molecule has 0 aliphatic carbocycles. The summed E-state index contributed by atoms with van der Waals surface area (Å²) in [5.74, 6) is 1.78. The van der Waals surface area contributed by atoms with Crippen molar-refractivity contribution in [1.29, 1.82) is 5.26 Å². The standard InChI is InChI=1S/C39H23N5O/c40-23-25-13-15-33-34-16-14-28(22-36(34)45-35(33)18-25)30-19-31(29-12-7-17-41-24-29)21-32(20-30)39-43-37(26-8-3-1-4-9-26)42-38(44-39)27-10-5-2-6-11-27/h1-22,24H. The highest BCUT2D eigenvalue weighted by Crippen LogP contribution is 2.36. The highest BCUT2D eigenvalue weighted by Gasteiger charge is 2.16. The molecule has 6 nitrogen and oxygen atoms in total. The molecule has 3 heterocycles. The number of fused-ring (bicyclic) bond motifs is 3. The Kier molecular flexibility index (Phi) is 6.40. The van der Waals surface area contributed by atoms with Crippen LogP contribution in [0.25, 0.3) is 78.4 Å². The second-order valence-electron chi connectivity index (χ2n) is 10.7. The number of benzene rings is 5. The summed E-state index contributed by atoms with van der Waals surface area (Å²) in [6, 6.07) is 44.2. The van der Waals surface area contributed by atoms with Gasteiger partial charge in [0.2, 0.25) is 0 Å². The third kappa shape index (κ3) is 4.99. The van der Waals surface area contributed by atoms with E-state index in [4.69, 9.17) is 19.4 Å². The molecule has 6 heteroatoms. The predicted molar refractivity (Wildman–Crippen MR) is 177 cm³/mol. The molecule has 0 saturated heterocycles. The average Bonchev–Trinajstić information content (AvgIpc) is 3.49. The Morgan fingerprint density at radius 1 is 0.467 bits per heavy atom. The van der Waals surface area contributed by atoms with Crippen LogP contribution in [0.1, 0.15) is 5.56 Å². The lowest BCUT2D eigenvalue weighted by Crippen LogP contribution is -2.00. The zero-order chi connectivity index (χ0) is 30.2. The van der Waals surface area contributed by atoms with E-state index in [1.54, 1.807) is 12.3 Å². The molecule has 0 spiro atoms. The smallest absolute Gasteiger partial charge is 0.164 e. The maximum Gasteiger partial charge on any atom is 0.164 e. The van der Waals surface area contributed by atoms with Crippen LogP contribution in [0.15, 0.2) is 144 Å². The molecule has 0 saturated carbocycles. The quantitative estimate of drug-likeness (QED) is 0.202. The molecule has 0 bridgehead atoms. The molecule has 0 fully saturated rings. The van der Waals surface area contributed by atoms with Crippen molar-refractivity contribution in [3.8, 4) is 62.5 Å². The second-order valence-corrected chi connectivity index (χ2v) is 10.7. The highest BCUT2D eigenvalue weighted by atomic mass is 16.3. The van der Waals surface area contributed by atoms with Crippen LogP contribution in [0.3, 0.4) is 0 Å². The molecule has 3 aromatic heterocycles. The minimum absolute atomic E-state index is 0.567. The van der Waals surface area contributed by atoms with Crippen LogP contribution in [0, 0.1) is 11.3 Å². The van der Waals surface area contributed by atoms with Crippen LogP contribution in [0.5, 0.6) is 0 Å². The van der Waals surface area contributed by atoms with Crippen molar-refractivity contribution in [1.82, 2.24) is 19.9 Å². The van der Waals surface area contributed by atoms with E-state index >= 15 is 0 Å². The number of nitriles is 1. The van der Waals surface area contributed by atoms with Crippen molar-refractivity contribution in [2.45, 2.75) is 0 Å². The molecule has 8 rings (SSSR count). The fourth-order valence-corrected chi connectivity index (χ4v) is 5.59. The van der Waals surface area contributed by atoms with E-state index in [0.717, 1.165) is 55.3 Å². The van der Waals surface area contributed by atoms with Crippen molar-refractivity contribution in [3.63, 3.8) is 0 Å². The second kappa shape index (κ2) is 11.0. The summed E-state index contributed by atoms with van der Waals surface area (Å²) in [6.45, 7) is 0. The highest BCUT2D eigenvalue weighted by molar-refractivity contribution is 6.06. The summed E-state index contributed by atoms with van der Waals surface area (Å²) >= 11 is 0. The fourth-order valence-electron chi connectivity index (χ4n) is 5.59. The van der Waals surface area contributed by atoms with Gasteiger partial charge in [-0.3, -0.25) is 4.98 Å². The summed E-state index contributed by atoms with van der Waals surface area (Å²) in [5, 5.41) is 11.3. The molecule has 0 unspecified atom stereocenters. The van der Waals surface area contributed by atoms with Crippen molar-refractivity contribution in [2.24, 2.45) is 0 Å². The number of furan rings is 1. The van der Waals surface area contributed by atoms with Gasteiger partial charge in [-0.2, -0.15) is 5.26 Å². The van der Waals surface area contributed by atoms with Gasteiger partial charge in [0.25, 0.3) is 0 Å². The zero-order valence-electron chi connectivity index (χ0n) is 23.9. The lowest BCUT2D eigenvalue weighted by Gasteiger charge is -2.12. The van der Waals surface area contributed by atoms with Crippen LogP contribution < -0.4 is 0 Å². The van der Waals surface area contributed by atoms with Crippen LogP contribution in [-0.4, -0.2) is 19.9 Å². The van der Waals surface area contributed by atoms with E-state index in [0.29, 0.717) is 28.6 Å². The summed E-state index contributed by atoms with van der Waals surface area (Å²) in [4.78, 5) is 19.2. The number of nitrogens with zero attached hydrogens (tertiary/aromatic N) is 5. The third-order valence-electron chi connectivity index (χ3n) is 7.82. The maximum absolute atomic E-state index is 9.36. The Labute approximate surface area is 259 Å². The maximum atomic E-state index is 9.36. The molecule has 0 aliphatic heterocycles. The molecular formula is C39H23N5O. The number of hydrogen-bond donors (Lipinski definition) is 0. The molecule has 0 N–H and O–H groups in total. The van der Waals surface area contributed by atoms with Crippen LogP contribution in [0.4, 0.5) is 0 Å². The Hall–Kier alpha value is -6.45. The molecule has 45 heavy (non-hydrogen) atoms. The van der Waals surface area contributed by atoms with Gasteiger partial charge in [0.05, 0.1) is 11.6 Å². The molecule has 0 aliphatic rings. The van der Waals surface area contributed by atoms with Crippen molar-refractivity contribution >= 4 is 21.9 Å². The molecular weight excluding hydrogens is 554 g/mol. The normalized spacial score (nSPS) is 11.1. The fraction of sp³-hybridized carbons (Fsp3) is 0. The van der Waals surface area contributed by atoms with Gasteiger partial charge in [-0.1, -0.05) is 72.8 Å². The van der Waals surface area contributed by atoms with E-state index in [-0.39, 0.29) is 0 Å². The first kappa shape index (κ1) is 26.2. The Morgan fingerprint density at radius 2 is 1.02 bits per heavy atom. The summed E-state index contributed by atoms with van der Waals surface area (Å²) in [6.07, 6.45) is 3.63. The predicted octanol–water partition coefficient (Wildman–Crippen LogP) is 9.37. The third-order valence-corrected chi connectivity index (χ3v) is 7.82. The lowest BCUT2D eigenvalue weighted by atomic mass is 9.95. The first-order valence-corrected chi connectivity index (χ1v) is 14.5. The Balaban J connectivity index is 1.33. The summed E-state index contributed by atoms with van der Waals surface area (Å²) in [5.41, 5.74) is 8.63. The molecule has 5 aromatic carbocycles. The van der Waals surface area contributed by atoms with E-state index in [9.17, 15) is 5.26 Å². The van der Waals surface area contributed by atoms with Gasteiger partial charge in [-0.05, 0) is 71.3 Å². The van der Waals surface area contributed by atoms with Gasteiger partial charge in [-0.25, -0.2) is 15.0 Å². The molecule has 210 valence electrons. The van der Waals surface area contributed by atoms with Crippen molar-refractivity contribution in [2.75, 3.05) is 0 Å². The van der Waals surface area contributed by atoms with Gasteiger partial charge in [-0.15, -0.1) is 0 Å². The van der Waals surface area contributed by atoms with Crippen molar-refractivity contribution < 1.29 is 4.42 Å². The van der Waals surface area contributed by atoms with E-state index in [1.165, 1.54) is 0 Å². The number of hydrogen-bond acceptors (Lipinski definition) is 6. The SMILES string of the molecule is N#Cc1ccc2c(c1)oc1cc(-c3cc(-c4cccnc4)cc(-c4nc(-c5ccccc5)nc(-c5ccccc5)n4)c3)ccc12.